The first kappa shape index (κ1) is 22.0. The van der Waals surface area contributed by atoms with Crippen molar-refractivity contribution in [2.24, 2.45) is 5.10 Å². The summed E-state index contributed by atoms with van der Waals surface area (Å²) in [5.74, 6) is -0.730. The molecular formula is C20H20F3N3O3S. The molecule has 1 N–H and O–H groups in total. The predicted molar refractivity (Wildman–Crippen MR) is 106 cm³/mol. The minimum absolute atomic E-state index is 0.0107. The summed E-state index contributed by atoms with van der Waals surface area (Å²) in [5.41, 5.74) is 1.10. The molecule has 1 heterocycles. The second-order valence-electron chi connectivity index (χ2n) is 6.78. The lowest BCUT2D eigenvalue weighted by Gasteiger charge is -2.25. The smallest absolute Gasteiger partial charge is 0.267 e. The van der Waals surface area contributed by atoms with Gasteiger partial charge in [0, 0.05) is 24.2 Å². The van der Waals surface area contributed by atoms with Gasteiger partial charge < -0.3 is 0 Å². The number of hydrogen-bond donors (Lipinski definition) is 1. The van der Waals surface area contributed by atoms with Crippen LogP contribution >= 0.6 is 0 Å². The van der Waals surface area contributed by atoms with Gasteiger partial charge in [0.05, 0.1) is 16.7 Å². The maximum atomic E-state index is 13.0. The summed E-state index contributed by atoms with van der Waals surface area (Å²) in [6.45, 7) is 0.864. The van der Waals surface area contributed by atoms with Crippen LogP contribution in [0, 0.1) is 0 Å². The van der Waals surface area contributed by atoms with E-state index in [-0.39, 0.29) is 16.0 Å². The molecule has 3 rings (SSSR count). The number of alkyl halides is 3. The Bertz CT molecular complexity index is 1050. The lowest BCUT2D eigenvalue weighted by Crippen LogP contribution is -2.35. The Kier molecular flexibility index (Phi) is 6.57. The Hall–Kier alpha value is -2.72. The number of piperidine rings is 1. The van der Waals surface area contributed by atoms with Crippen LogP contribution in [0.3, 0.4) is 0 Å². The van der Waals surface area contributed by atoms with Crippen molar-refractivity contribution < 1.29 is 26.4 Å². The number of carbonyl (C=O) groups is 1. The van der Waals surface area contributed by atoms with Crippen LogP contribution in [-0.2, 0) is 16.2 Å². The van der Waals surface area contributed by atoms with Gasteiger partial charge in [0.15, 0.2) is 0 Å². The molecule has 0 atom stereocenters. The predicted octanol–water partition coefficient (Wildman–Crippen LogP) is 3.64. The lowest BCUT2D eigenvalue weighted by atomic mass is 10.1. The highest BCUT2D eigenvalue weighted by Gasteiger charge is 2.32. The van der Waals surface area contributed by atoms with Crippen LogP contribution < -0.4 is 5.43 Å². The van der Waals surface area contributed by atoms with Crippen molar-refractivity contribution in [1.82, 2.24) is 9.73 Å². The van der Waals surface area contributed by atoms with Gasteiger partial charge in [-0.3, -0.25) is 4.79 Å². The van der Waals surface area contributed by atoms with Gasteiger partial charge in [0.1, 0.15) is 0 Å². The van der Waals surface area contributed by atoms with Crippen molar-refractivity contribution >= 4 is 22.1 Å². The van der Waals surface area contributed by atoms with Crippen molar-refractivity contribution in [3.05, 3.63) is 65.2 Å². The third-order valence-electron chi connectivity index (χ3n) is 4.68. The van der Waals surface area contributed by atoms with Crippen molar-refractivity contribution in [2.45, 2.75) is 30.3 Å². The van der Waals surface area contributed by atoms with Gasteiger partial charge in [0.25, 0.3) is 5.91 Å². The van der Waals surface area contributed by atoms with Crippen LogP contribution in [0.15, 0.2) is 58.5 Å². The van der Waals surface area contributed by atoms with Gasteiger partial charge in [-0.15, -0.1) is 0 Å². The summed E-state index contributed by atoms with van der Waals surface area (Å²) in [4.78, 5) is 12.3. The van der Waals surface area contributed by atoms with Crippen LogP contribution in [0.25, 0.3) is 0 Å². The molecule has 1 saturated heterocycles. The topological polar surface area (TPSA) is 78.8 Å². The molecule has 1 aliphatic heterocycles. The minimum Gasteiger partial charge on any atom is -0.267 e. The maximum absolute atomic E-state index is 13.0. The van der Waals surface area contributed by atoms with Gasteiger partial charge in [-0.25, -0.2) is 13.8 Å². The molecule has 0 radical (unpaired) electrons. The van der Waals surface area contributed by atoms with Crippen LogP contribution in [0.2, 0.25) is 0 Å². The molecule has 1 aliphatic rings. The summed E-state index contributed by atoms with van der Waals surface area (Å²) in [6.07, 6.45) is -1.11. The average Bonchev–Trinajstić information content (AvgIpc) is 2.74. The van der Waals surface area contributed by atoms with E-state index in [1.54, 1.807) is 0 Å². The van der Waals surface area contributed by atoms with Crippen LogP contribution in [0.1, 0.15) is 40.7 Å². The van der Waals surface area contributed by atoms with E-state index in [1.165, 1.54) is 46.8 Å². The van der Waals surface area contributed by atoms with Crippen LogP contribution in [0.4, 0.5) is 13.2 Å². The highest BCUT2D eigenvalue weighted by Crippen LogP contribution is 2.31. The maximum Gasteiger partial charge on any atom is 0.417 e. The standard InChI is InChI=1S/C20H20F3N3O3S/c21-20(22,23)18-10-3-2-7-16(18)14-24-25-19(27)15-8-6-9-17(13-15)30(28,29)26-11-4-1-5-12-26/h2-3,6-10,13-14H,1,4-5,11-12H2,(H,25,27)/b24-14+. The van der Waals surface area contributed by atoms with E-state index in [4.69, 9.17) is 0 Å². The van der Waals surface area contributed by atoms with E-state index in [1.807, 2.05) is 0 Å². The van der Waals surface area contributed by atoms with Crippen molar-refractivity contribution in [2.75, 3.05) is 13.1 Å². The first-order chi connectivity index (χ1) is 14.2. The Balaban J connectivity index is 1.74. The summed E-state index contributed by atoms with van der Waals surface area (Å²) >= 11 is 0. The van der Waals surface area contributed by atoms with Gasteiger partial charge in [-0.05, 0) is 37.1 Å². The number of amides is 1. The van der Waals surface area contributed by atoms with Gasteiger partial charge in [0.2, 0.25) is 10.0 Å². The van der Waals surface area contributed by atoms with Crippen LogP contribution in [-0.4, -0.2) is 37.9 Å². The highest BCUT2D eigenvalue weighted by molar-refractivity contribution is 7.89. The van der Waals surface area contributed by atoms with Crippen LogP contribution in [0.5, 0.6) is 0 Å². The molecule has 30 heavy (non-hydrogen) atoms. The van der Waals surface area contributed by atoms with Gasteiger partial charge in [-0.1, -0.05) is 30.7 Å². The fourth-order valence-corrected chi connectivity index (χ4v) is 4.71. The first-order valence-corrected chi connectivity index (χ1v) is 10.7. The Labute approximate surface area is 172 Å². The monoisotopic (exact) mass is 439 g/mol. The highest BCUT2D eigenvalue weighted by atomic mass is 32.2. The molecule has 0 spiro atoms. The van der Waals surface area contributed by atoms with E-state index in [2.05, 4.69) is 10.5 Å². The number of nitrogens with zero attached hydrogens (tertiary/aromatic N) is 2. The number of halogens is 3. The van der Waals surface area contributed by atoms with Gasteiger partial charge >= 0.3 is 6.18 Å². The Morgan fingerprint density at radius 1 is 1.03 bits per heavy atom. The zero-order valence-corrected chi connectivity index (χ0v) is 16.7. The average molecular weight is 439 g/mol. The van der Waals surface area contributed by atoms with Crippen molar-refractivity contribution in [3.63, 3.8) is 0 Å². The number of benzene rings is 2. The summed E-state index contributed by atoms with van der Waals surface area (Å²) in [6, 6.07) is 10.3. The summed E-state index contributed by atoms with van der Waals surface area (Å²) < 4.78 is 65.9. The van der Waals surface area contributed by atoms with E-state index >= 15 is 0 Å². The molecule has 0 saturated carbocycles. The third-order valence-corrected chi connectivity index (χ3v) is 6.58. The second-order valence-corrected chi connectivity index (χ2v) is 8.71. The SMILES string of the molecule is O=C(N/N=C/c1ccccc1C(F)(F)F)c1cccc(S(=O)(=O)N2CCCCC2)c1. The molecule has 2 aromatic rings. The molecule has 2 aromatic carbocycles. The van der Waals surface area contributed by atoms with Gasteiger partial charge in [-0.2, -0.15) is 22.6 Å². The third kappa shape index (κ3) is 5.06. The van der Waals surface area contributed by atoms with Crippen molar-refractivity contribution in [1.29, 1.82) is 0 Å². The second kappa shape index (κ2) is 8.97. The van der Waals surface area contributed by atoms with E-state index in [9.17, 15) is 26.4 Å². The number of hydrogen-bond acceptors (Lipinski definition) is 4. The zero-order valence-electron chi connectivity index (χ0n) is 15.9. The summed E-state index contributed by atoms with van der Waals surface area (Å²) in [7, 11) is -3.71. The number of rotatable bonds is 5. The number of nitrogens with one attached hydrogen (secondary N) is 1. The number of carbonyl (C=O) groups excluding carboxylic acids is 1. The molecule has 0 bridgehead atoms. The molecule has 1 amide bonds. The Morgan fingerprint density at radius 3 is 2.43 bits per heavy atom. The molecular weight excluding hydrogens is 419 g/mol. The molecule has 0 aliphatic carbocycles. The first-order valence-electron chi connectivity index (χ1n) is 9.29. The molecule has 6 nitrogen and oxygen atoms in total. The molecule has 160 valence electrons. The van der Waals surface area contributed by atoms with E-state index < -0.39 is 27.7 Å². The number of hydrazone groups is 1. The van der Waals surface area contributed by atoms with E-state index in [0.29, 0.717) is 13.1 Å². The molecule has 1 fully saturated rings. The largest absolute Gasteiger partial charge is 0.417 e. The Morgan fingerprint density at radius 2 is 1.73 bits per heavy atom. The molecule has 10 heteroatoms. The summed E-state index contributed by atoms with van der Waals surface area (Å²) in [5, 5.41) is 3.59. The minimum atomic E-state index is -4.55. The van der Waals surface area contributed by atoms with Crippen molar-refractivity contribution in [3.8, 4) is 0 Å². The lowest BCUT2D eigenvalue weighted by molar-refractivity contribution is -0.137. The zero-order chi connectivity index (χ0) is 21.8. The quantitative estimate of drug-likeness (QED) is 0.571. The molecule has 0 aromatic heterocycles. The molecule has 0 unspecified atom stereocenters. The fourth-order valence-electron chi connectivity index (χ4n) is 3.14. The van der Waals surface area contributed by atoms with E-state index in [0.717, 1.165) is 31.5 Å². The normalized spacial score (nSPS) is 16.0. The number of sulfonamides is 1. The fraction of sp³-hybridized carbons (Fsp3) is 0.300.